The van der Waals surface area contributed by atoms with E-state index in [1.165, 1.54) is 30.3 Å². The Bertz CT molecular complexity index is 1100. The fraction of sp³-hybridized carbons (Fsp3) is 0.207. The van der Waals surface area contributed by atoms with Gasteiger partial charge in [0.2, 0.25) is 0 Å². The fourth-order valence-corrected chi connectivity index (χ4v) is 3.57. The summed E-state index contributed by atoms with van der Waals surface area (Å²) in [5.41, 5.74) is 5.01. The lowest BCUT2D eigenvalue weighted by molar-refractivity contribution is -0.148. The van der Waals surface area contributed by atoms with Crippen LogP contribution in [0.1, 0.15) is 56.4 Å². The van der Waals surface area contributed by atoms with Gasteiger partial charge in [-0.05, 0) is 90.9 Å². The molecule has 3 aromatic carbocycles. The average molecular weight is 447 g/mol. The van der Waals surface area contributed by atoms with Gasteiger partial charge < -0.3 is 4.74 Å². The van der Waals surface area contributed by atoms with E-state index in [-0.39, 0.29) is 11.6 Å². The molecule has 0 saturated carbocycles. The van der Waals surface area contributed by atoms with E-state index in [4.69, 9.17) is 4.74 Å². The van der Waals surface area contributed by atoms with Crippen molar-refractivity contribution in [3.63, 3.8) is 0 Å². The Morgan fingerprint density at radius 3 is 1.67 bits per heavy atom. The smallest absolute Gasteiger partial charge is 0.331 e. The van der Waals surface area contributed by atoms with Crippen molar-refractivity contribution in [3.05, 3.63) is 113 Å². The van der Waals surface area contributed by atoms with Gasteiger partial charge in [-0.1, -0.05) is 55.5 Å². The SMILES string of the molecule is CCC(=C(c1ccc(F)cc1)c1ccc(F)cc1)c1ccc(/C=C/C(=O)OC(C)(C)C)cc1. The van der Waals surface area contributed by atoms with Gasteiger partial charge in [-0.15, -0.1) is 0 Å². The minimum absolute atomic E-state index is 0.309. The molecular weight excluding hydrogens is 418 g/mol. The third-order valence-corrected chi connectivity index (χ3v) is 5.00. The summed E-state index contributed by atoms with van der Waals surface area (Å²) in [4.78, 5) is 11.9. The molecule has 0 bridgehead atoms. The predicted octanol–water partition coefficient (Wildman–Crippen LogP) is 7.69. The van der Waals surface area contributed by atoms with E-state index >= 15 is 0 Å². The van der Waals surface area contributed by atoms with E-state index in [0.29, 0.717) is 0 Å². The fourth-order valence-electron chi connectivity index (χ4n) is 3.57. The Hall–Kier alpha value is -3.53. The second kappa shape index (κ2) is 10.4. The zero-order chi connectivity index (χ0) is 24.0. The monoisotopic (exact) mass is 446 g/mol. The first-order chi connectivity index (χ1) is 15.7. The van der Waals surface area contributed by atoms with Crippen molar-refractivity contribution in [3.8, 4) is 0 Å². The summed E-state index contributed by atoms with van der Waals surface area (Å²) in [7, 11) is 0. The summed E-state index contributed by atoms with van der Waals surface area (Å²) in [6.07, 6.45) is 3.85. The van der Waals surface area contributed by atoms with Gasteiger partial charge in [0.25, 0.3) is 0 Å². The molecule has 0 radical (unpaired) electrons. The maximum absolute atomic E-state index is 13.6. The summed E-state index contributed by atoms with van der Waals surface area (Å²) < 4.78 is 32.4. The van der Waals surface area contributed by atoms with Gasteiger partial charge in [0.05, 0.1) is 0 Å². The summed E-state index contributed by atoms with van der Waals surface area (Å²) >= 11 is 0. The van der Waals surface area contributed by atoms with Gasteiger partial charge in [0.15, 0.2) is 0 Å². The van der Waals surface area contributed by atoms with Crippen LogP contribution in [0.25, 0.3) is 17.2 Å². The third-order valence-electron chi connectivity index (χ3n) is 5.00. The molecule has 3 rings (SSSR count). The lowest BCUT2D eigenvalue weighted by Crippen LogP contribution is -2.22. The van der Waals surface area contributed by atoms with Gasteiger partial charge in [-0.3, -0.25) is 0 Å². The Morgan fingerprint density at radius 2 is 1.24 bits per heavy atom. The number of hydrogen-bond acceptors (Lipinski definition) is 2. The minimum Gasteiger partial charge on any atom is -0.457 e. The summed E-state index contributed by atoms with van der Waals surface area (Å²) in [5, 5.41) is 0. The van der Waals surface area contributed by atoms with E-state index < -0.39 is 11.6 Å². The number of benzene rings is 3. The molecule has 0 aromatic heterocycles. The lowest BCUT2D eigenvalue weighted by Gasteiger charge is -2.18. The van der Waals surface area contributed by atoms with E-state index in [9.17, 15) is 13.6 Å². The number of rotatable bonds is 6. The molecule has 0 aliphatic carbocycles. The molecule has 0 saturated heterocycles. The zero-order valence-corrected chi connectivity index (χ0v) is 19.4. The molecular formula is C29H28F2O2. The van der Waals surface area contributed by atoms with Crippen molar-refractivity contribution in [1.82, 2.24) is 0 Å². The third kappa shape index (κ3) is 6.72. The van der Waals surface area contributed by atoms with Crippen LogP contribution in [-0.4, -0.2) is 11.6 Å². The average Bonchev–Trinajstić information content (AvgIpc) is 2.77. The quantitative estimate of drug-likeness (QED) is 0.220. The number of esters is 1. The molecule has 170 valence electrons. The maximum atomic E-state index is 13.6. The number of allylic oxidation sites excluding steroid dienone is 1. The number of carbonyl (C=O) groups is 1. The van der Waals surface area contributed by atoms with Crippen molar-refractivity contribution in [2.24, 2.45) is 0 Å². The van der Waals surface area contributed by atoms with Gasteiger partial charge >= 0.3 is 5.97 Å². The molecule has 0 amide bonds. The molecule has 2 nitrogen and oxygen atoms in total. The van der Waals surface area contributed by atoms with Crippen LogP contribution < -0.4 is 0 Å². The molecule has 0 N–H and O–H groups in total. The van der Waals surface area contributed by atoms with Crippen LogP contribution in [0.5, 0.6) is 0 Å². The van der Waals surface area contributed by atoms with Crippen molar-refractivity contribution in [2.45, 2.75) is 39.7 Å². The van der Waals surface area contributed by atoms with Crippen molar-refractivity contribution >= 4 is 23.2 Å². The normalized spacial score (nSPS) is 11.5. The van der Waals surface area contributed by atoms with Crippen molar-refractivity contribution in [1.29, 1.82) is 0 Å². The summed E-state index contributed by atoms with van der Waals surface area (Å²) in [6, 6.07) is 20.5. The number of hydrogen-bond donors (Lipinski definition) is 0. The van der Waals surface area contributed by atoms with E-state index in [2.05, 4.69) is 6.92 Å². The number of ether oxygens (including phenoxy) is 1. The predicted molar refractivity (Wildman–Crippen MR) is 130 cm³/mol. The second-order valence-electron chi connectivity index (χ2n) is 8.71. The maximum Gasteiger partial charge on any atom is 0.331 e. The van der Waals surface area contributed by atoms with Crippen molar-refractivity contribution in [2.75, 3.05) is 0 Å². The minimum atomic E-state index is -0.538. The Morgan fingerprint density at radius 1 is 0.788 bits per heavy atom. The first kappa shape index (κ1) is 24.1. The molecule has 0 aliphatic rings. The molecule has 0 heterocycles. The van der Waals surface area contributed by atoms with E-state index in [1.807, 2.05) is 45.0 Å². The van der Waals surface area contributed by atoms with Crippen molar-refractivity contribution < 1.29 is 18.3 Å². The van der Waals surface area contributed by atoms with Crippen LogP contribution >= 0.6 is 0 Å². The van der Waals surface area contributed by atoms with E-state index in [1.54, 1.807) is 30.3 Å². The lowest BCUT2D eigenvalue weighted by atomic mass is 9.88. The van der Waals surface area contributed by atoms with Crippen LogP contribution in [0.4, 0.5) is 8.78 Å². The molecule has 33 heavy (non-hydrogen) atoms. The largest absolute Gasteiger partial charge is 0.457 e. The summed E-state index contributed by atoms with van der Waals surface area (Å²) in [6.45, 7) is 7.53. The number of halogens is 2. The highest BCUT2D eigenvalue weighted by molar-refractivity contribution is 5.98. The summed E-state index contributed by atoms with van der Waals surface area (Å²) in [5.74, 6) is -1.01. The Labute approximate surface area is 194 Å². The topological polar surface area (TPSA) is 26.3 Å². The zero-order valence-electron chi connectivity index (χ0n) is 19.4. The van der Waals surface area contributed by atoms with Crippen LogP contribution in [0.3, 0.4) is 0 Å². The molecule has 3 aromatic rings. The number of carbonyl (C=O) groups excluding carboxylic acids is 1. The molecule has 0 fully saturated rings. The van der Waals surface area contributed by atoms with Crippen LogP contribution in [-0.2, 0) is 9.53 Å². The van der Waals surface area contributed by atoms with Crippen LogP contribution in [0.15, 0.2) is 78.9 Å². The van der Waals surface area contributed by atoms with Gasteiger partial charge in [-0.2, -0.15) is 0 Å². The molecule has 0 atom stereocenters. The van der Waals surface area contributed by atoms with E-state index in [0.717, 1.165) is 39.8 Å². The van der Waals surface area contributed by atoms with Gasteiger partial charge in [0.1, 0.15) is 17.2 Å². The highest BCUT2D eigenvalue weighted by atomic mass is 19.1. The van der Waals surface area contributed by atoms with Gasteiger partial charge in [-0.25, -0.2) is 13.6 Å². The highest BCUT2D eigenvalue weighted by Gasteiger charge is 2.15. The molecule has 4 heteroatoms. The van der Waals surface area contributed by atoms with Crippen LogP contribution in [0.2, 0.25) is 0 Å². The molecule has 0 unspecified atom stereocenters. The first-order valence-corrected chi connectivity index (χ1v) is 10.9. The van der Waals surface area contributed by atoms with Gasteiger partial charge in [0, 0.05) is 6.08 Å². The Kier molecular flexibility index (Phi) is 7.59. The first-order valence-electron chi connectivity index (χ1n) is 10.9. The van der Waals surface area contributed by atoms with Crippen LogP contribution in [0, 0.1) is 11.6 Å². The highest BCUT2D eigenvalue weighted by Crippen LogP contribution is 2.34. The Balaban J connectivity index is 2.00. The standard InChI is InChI=1S/C29H28F2O2/c1-5-26(21-9-6-20(7-10-21)8-19-27(32)33-29(2,3)4)28(22-11-15-24(30)16-12-22)23-13-17-25(31)18-14-23/h6-19H,5H2,1-4H3/b19-8+. The molecule has 0 spiro atoms. The molecule has 0 aliphatic heterocycles. The second-order valence-corrected chi connectivity index (χ2v) is 8.71.